The smallest absolute Gasteiger partial charge is 0.225 e. The van der Waals surface area contributed by atoms with Crippen molar-refractivity contribution in [3.63, 3.8) is 0 Å². The standard InChI is InChI=1S/C18H20FN5O/c19-15-11-21-17(22-12-15)23-8-5-18(6-9-23)4-3-16(25)24(18)13-14-2-1-7-20-10-14/h1-2,7,10-12H,3-6,8-9,13H2. The number of pyridine rings is 1. The zero-order valence-electron chi connectivity index (χ0n) is 13.9. The lowest BCUT2D eigenvalue weighted by atomic mass is 9.85. The van der Waals surface area contributed by atoms with Gasteiger partial charge in [-0.2, -0.15) is 0 Å². The number of amides is 1. The summed E-state index contributed by atoms with van der Waals surface area (Å²) < 4.78 is 13.0. The Kier molecular flexibility index (Phi) is 4.07. The maximum Gasteiger partial charge on any atom is 0.225 e. The number of anilines is 1. The van der Waals surface area contributed by atoms with E-state index >= 15 is 0 Å². The Morgan fingerprint density at radius 2 is 1.88 bits per heavy atom. The van der Waals surface area contributed by atoms with Crippen molar-refractivity contribution in [2.75, 3.05) is 18.0 Å². The lowest BCUT2D eigenvalue weighted by Gasteiger charge is -2.45. The highest BCUT2D eigenvalue weighted by molar-refractivity contribution is 5.79. The van der Waals surface area contributed by atoms with Crippen LogP contribution in [0.5, 0.6) is 0 Å². The van der Waals surface area contributed by atoms with Gasteiger partial charge < -0.3 is 9.80 Å². The number of hydrogen-bond acceptors (Lipinski definition) is 5. The highest BCUT2D eigenvalue weighted by Gasteiger charge is 2.47. The number of hydrogen-bond donors (Lipinski definition) is 0. The van der Waals surface area contributed by atoms with Crippen molar-refractivity contribution < 1.29 is 9.18 Å². The second-order valence-corrected chi connectivity index (χ2v) is 6.75. The van der Waals surface area contributed by atoms with Crippen LogP contribution in [-0.2, 0) is 11.3 Å². The first-order valence-corrected chi connectivity index (χ1v) is 8.58. The third-order valence-electron chi connectivity index (χ3n) is 5.33. The van der Waals surface area contributed by atoms with E-state index in [-0.39, 0.29) is 11.4 Å². The predicted molar refractivity (Wildman–Crippen MR) is 90.2 cm³/mol. The molecular formula is C18H20FN5O. The summed E-state index contributed by atoms with van der Waals surface area (Å²) in [5.41, 5.74) is 0.963. The van der Waals surface area contributed by atoms with Gasteiger partial charge in [0.15, 0.2) is 5.82 Å². The molecule has 2 aromatic heterocycles. The van der Waals surface area contributed by atoms with Crippen LogP contribution < -0.4 is 4.90 Å². The van der Waals surface area contributed by atoms with E-state index in [0.717, 1.165) is 37.9 Å². The molecule has 2 saturated heterocycles. The van der Waals surface area contributed by atoms with E-state index in [1.54, 1.807) is 6.20 Å². The van der Waals surface area contributed by atoms with Crippen LogP contribution in [0, 0.1) is 5.82 Å². The van der Waals surface area contributed by atoms with Crippen LogP contribution in [0.4, 0.5) is 10.3 Å². The van der Waals surface area contributed by atoms with Gasteiger partial charge in [-0.15, -0.1) is 0 Å². The molecule has 6 nitrogen and oxygen atoms in total. The Labute approximate surface area is 145 Å². The zero-order valence-corrected chi connectivity index (χ0v) is 13.9. The average molecular weight is 341 g/mol. The summed E-state index contributed by atoms with van der Waals surface area (Å²) in [6.07, 6.45) is 9.20. The molecule has 0 radical (unpaired) electrons. The van der Waals surface area contributed by atoms with E-state index in [1.165, 1.54) is 12.4 Å². The summed E-state index contributed by atoms with van der Waals surface area (Å²) in [5, 5.41) is 0. The molecule has 0 N–H and O–H groups in total. The zero-order chi connectivity index (χ0) is 17.3. The number of piperidine rings is 1. The van der Waals surface area contributed by atoms with Gasteiger partial charge in [0.25, 0.3) is 0 Å². The Balaban J connectivity index is 1.48. The molecule has 130 valence electrons. The maximum atomic E-state index is 13.0. The summed E-state index contributed by atoms with van der Waals surface area (Å²) in [6.45, 7) is 2.14. The van der Waals surface area contributed by atoms with Gasteiger partial charge in [0, 0.05) is 44.0 Å². The topological polar surface area (TPSA) is 62.2 Å². The molecule has 2 fully saturated rings. The van der Waals surface area contributed by atoms with Crippen molar-refractivity contribution in [1.82, 2.24) is 19.9 Å². The van der Waals surface area contributed by atoms with Crippen LogP contribution in [0.15, 0.2) is 36.9 Å². The van der Waals surface area contributed by atoms with E-state index in [2.05, 4.69) is 19.9 Å². The van der Waals surface area contributed by atoms with Gasteiger partial charge >= 0.3 is 0 Å². The molecule has 4 heterocycles. The fraction of sp³-hybridized carbons (Fsp3) is 0.444. The van der Waals surface area contributed by atoms with Gasteiger partial charge in [0.1, 0.15) is 0 Å². The van der Waals surface area contributed by atoms with Crippen LogP contribution in [0.1, 0.15) is 31.2 Å². The number of likely N-dealkylation sites (tertiary alicyclic amines) is 1. The minimum atomic E-state index is -0.429. The molecule has 0 saturated carbocycles. The van der Waals surface area contributed by atoms with E-state index in [9.17, 15) is 9.18 Å². The van der Waals surface area contributed by atoms with Crippen LogP contribution in [0.3, 0.4) is 0 Å². The highest BCUT2D eigenvalue weighted by atomic mass is 19.1. The number of nitrogens with zero attached hydrogens (tertiary/aromatic N) is 5. The van der Waals surface area contributed by atoms with Crippen LogP contribution in [0.25, 0.3) is 0 Å². The number of carbonyl (C=O) groups is 1. The molecule has 2 aliphatic rings. The van der Waals surface area contributed by atoms with Gasteiger partial charge in [-0.3, -0.25) is 9.78 Å². The predicted octanol–water partition coefficient (Wildman–Crippen LogP) is 2.17. The largest absolute Gasteiger partial charge is 0.341 e. The molecule has 0 aromatic carbocycles. The van der Waals surface area contributed by atoms with Crippen molar-refractivity contribution >= 4 is 11.9 Å². The van der Waals surface area contributed by atoms with Crippen molar-refractivity contribution in [2.24, 2.45) is 0 Å². The lowest BCUT2D eigenvalue weighted by molar-refractivity contribution is -0.132. The third-order valence-corrected chi connectivity index (χ3v) is 5.33. The molecule has 2 aliphatic heterocycles. The average Bonchev–Trinajstić information content (AvgIpc) is 2.94. The molecule has 0 bridgehead atoms. The molecule has 4 rings (SSSR count). The van der Waals surface area contributed by atoms with Crippen LogP contribution in [0.2, 0.25) is 0 Å². The first kappa shape index (κ1) is 15.9. The normalized spacial score (nSPS) is 19.6. The van der Waals surface area contributed by atoms with Gasteiger partial charge in [-0.1, -0.05) is 6.07 Å². The highest BCUT2D eigenvalue weighted by Crippen LogP contribution is 2.40. The van der Waals surface area contributed by atoms with Crippen molar-refractivity contribution in [3.05, 3.63) is 48.3 Å². The minimum Gasteiger partial charge on any atom is -0.341 e. The second kappa shape index (κ2) is 6.38. The molecular weight excluding hydrogens is 321 g/mol. The quantitative estimate of drug-likeness (QED) is 0.856. The number of rotatable bonds is 3. The molecule has 0 atom stereocenters. The minimum absolute atomic E-state index is 0.0938. The van der Waals surface area contributed by atoms with Gasteiger partial charge in [0.05, 0.1) is 12.4 Å². The van der Waals surface area contributed by atoms with Gasteiger partial charge in [-0.05, 0) is 30.9 Å². The second-order valence-electron chi connectivity index (χ2n) is 6.75. The van der Waals surface area contributed by atoms with E-state index in [1.807, 2.05) is 23.2 Å². The van der Waals surface area contributed by atoms with E-state index in [0.29, 0.717) is 18.9 Å². The maximum absolute atomic E-state index is 13.0. The van der Waals surface area contributed by atoms with Gasteiger partial charge in [0.2, 0.25) is 11.9 Å². The lowest BCUT2D eigenvalue weighted by Crippen LogP contribution is -2.53. The molecule has 0 unspecified atom stereocenters. The summed E-state index contributed by atoms with van der Waals surface area (Å²) in [7, 11) is 0. The fourth-order valence-corrected chi connectivity index (χ4v) is 3.92. The van der Waals surface area contributed by atoms with Crippen LogP contribution in [-0.4, -0.2) is 44.4 Å². The first-order chi connectivity index (χ1) is 12.2. The Hall–Kier alpha value is -2.57. The van der Waals surface area contributed by atoms with Crippen LogP contribution >= 0.6 is 0 Å². The molecule has 1 spiro atoms. The molecule has 25 heavy (non-hydrogen) atoms. The summed E-state index contributed by atoms with van der Waals surface area (Å²) >= 11 is 0. The fourth-order valence-electron chi connectivity index (χ4n) is 3.92. The first-order valence-electron chi connectivity index (χ1n) is 8.58. The Morgan fingerprint density at radius 3 is 2.56 bits per heavy atom. The SMILES string of the molecule is O=C1CCC2(CCN(c3ncc(F)cn3)CC2)N1Cc1cccnc1. The van der Waals surface area contributed by atoms with E-state index < -0.39 is 5.82 Å². The van der Waals surface area contributed by atoms with E-state index in [4.69, 9.17) is 0 Å². The summed E-state index contributed by atoms with van der Waals surface area (Å²) in [4.78, 5) is 28.9. The molecule has 7 heteroatoms. The summed E-state index contributed by atoms with van der Waals surface area (Å²) in [6, 6.07) is 3.91. The van der Waals surface area contributed by atoms with Crippen molar-refractivity contribution in [3.8, 4) is 0 Å². The number of halogens is 1. The number of aromatic nitrogens is 3. The molecule has 1 amide bonds. The Morgan fingerprint density at radius 1 is 1.12 bits per heavy atom. The number of carbonyl (C=O) groups excluding carboxylic acids is 1. The van der Waals surface area contributed by atoms with Crippen molar-refractivity contribution in [2.45, 2.75) is 37.8 Å². The van der Waals surface area contributed by atoms with Crippen molar-refractivity contribution in [1.29, 1.82) is 0 Å². The molecule has 2 aromatic rings. The monoisotopic (exact) mass is 341 g/mol. The molecule has 0 aliphatic carbocycles. The summed E-state index contributed by atoms with van der Waals surface area (Å²) in [5.74, 6) is 0.344. The third kappa shape index (κ3) is 3.06. The Bertz CT molecular complexity index is 744. The van der Waals surface area contributed by atoms with Gasteiger partial charge in [-0.25, -0.2) is 14.4 Å².